The molecule has 0 amide bonds. The van der Waals surface area contributed by atoms with Crippen LogP contribution in [0.25, 0.3) is 0 Å². The van der Waals surface area contributed by atoms with Crippen LogP contribution in [0.2, 0.25) is 0 Å². The van der Waals surface area contributed by atoms with Crippen LogP contribution in [-0.4, -0.2) is 23.9 Å². The Bertz CT molecular complexity index is 467. The lowest BCUT2D eigenvalue weighted by atomic mass is 9.63. The second-order valence-electron chi connectivity index (χ2n) is 4.79. The number of benzene rings is 1. The van der Waals surface area contributed by atoms with Gasteiger partial charge in [0.15, 0.2) is 0 Å². The molecule has 1 aliphatic rings. The van der Waals surface area contributed by atoms with Gasteiger partial charge in [-0.15, -0.1) is 0 Å². The van der Waals surface area contributed by atoms with Crippen molar-refractivity contribution < 1.29 is 14.6 Å². The van der Waals surface area contributed by atoms with Gasteiger partial charge in [0.05, 0.1) is 12.7 Å². The van der Waals surface area contributed by atoms with Crippen LogP contribution in [0.3, 0.4) is 0 Å². The SMILES string of the molecule is COc1ccccc1C1(N=C=O)CC(C)(O)C1. The molecule has 1 aliphatic carbocycles. The fourth-order valence-corrected chi connectivity index (χ4v) is 2.65. The lowest BCUT2D eigenvalue weighted by molar-refractivity contribution is -0.0732. The summed E-state index contributed by atoms with van der Waals surface area (Å²) in [5.41, 5.74) is -0.628. The monoisotopic (exact) mass is 233 g/mol. The van der Waals surface area contributed by atoms with Crippen LogP contribution in [0, 0.1) is 0 Å². The van der Waals surface area contributed by atoms with E-state index in [-0.39, 0.29) is 0 Å². The molecule has 0 heterocycles. The molecule has 1 saturated carbocycles. The summed E-state index contributed by atoms with van der Waals surface area (Å²) in [4.78, 5) is 14.5. The zero-order chi connectivity index (χ0) is 12.5. The van der Waals surface area contributed by atoms with E-state index in [1.807, 2.05) is 24.3 Å². The van der Waals surface area contributed by atoms with Crippen molar-refractivity contribution in [2.24, 2.45) is 4.99 Å². The van der Waals surface area contributed by atoms with Gasteiger partial charge in [-0.3, -0.25) is 0 Å². The highest BCUT2D eigenvalue weighted by Crippen LogP contribution is 2.53. The van der Waals surface area contributed by atoms with Gasteiger partial charge in [-0.1, -0.05) is 18.2 Å². The van der Waals surface area contributed by atoms with Crippen LogP contribution < -0.4 is 4.74 Å². The van der Waals surface area contributed by atoms with E-state index in [0.717, 1.165) is 5.56 Å². The van der Waals surface area contributed by atoms with Crippen LogP contribution in [0.5, 0.6) is 5.75 Å². The van der Waals surface area contributed by atoms with E-state index < -0.39 is 11.1 Å². The number of rotatable bonds is 3. The third-order valence-corrected chi connectivity index (χ3v) is 3.21. The number of hydrogen-bond acceptors (Lipinski definition) is 4. The standard InChI is InChI=1S/C13H15NO3/c1-12(16)7-13(8-12,14-9-15)10-5-3-4-6-11(10)17-2/h3-6,16H,7-8H2,1-2H3. The minimum absolute atomic E-state index is 0.412. The van der Waals surface area contributed by atoms with Crippen LogP contribution >= 0.6 is 0 Å². The zero-order valence-electron chi connectivity index (χ0n) is 9.93. The first-order valence-electron chi connectivity index (χ1n) is 5.48. The second kappa shape index (κ2) is 3.99. The maximum Gasteiger partial charge on any atom is 0.235 e. The van der Waals surface area contributed by atoms with E-state index in [2.05, 4.69) is 4.99 Å². The Morgan fingerprint density at radius 3 is 2.59 bits per heavy atom. The van der Waals surface area contributed by atoms with Gasteiger partial charge >= 0.3 is 0 Å². The molecule has 1 N–H and O–H groups in total. The highest BCUT2D eigenvalue weighted by Gasteiger charge is 2.53. The van der Waals surface area contributed by atoms with Crippen molar-refractivity contribution in [3.05, 3.63) is 29.8 Å². The summed E-state index contributed by atoms with van der Waals surface area (Å²) in [6.45, 7) is 1.74. The summed E-state index contributed by atoms with van der Waals surface area (Å²) in [5, 5.41) is 9.87. The molecule has 4 nitrogen and oxygen atoms in total. The molecule has 1 fully saturated rings. The molecule has 0 aliphatic heterocycles. The molecule has 0 saturated heterocycles. The fraction of sp³-hybridized carbons (Fsp3) is 0.462. The van der Waals surface area contributed by atoms with E-state index in [9.17, 15) is 9.90 Å². The van der Waals surface area contributed by atoms with Gasteiger partial charge in [-0.2, -0.15) is 4.99 Å². The highest BCUT2D eigenvalue weighted by molar-refractivity contribution is 5.46. The van der Waals surface area contributed by atoms with Gasteiger partial charge in [-0.25, -0.2) is 4.79 Å². The van der Waals surface area contributed by atoms with Crippen LogP contribution in [0.4, 0.5) is 0 Å². The smallest absolute Gasteiger partial charge is 0.235 e. The molecule has 0 aromatic heterocycles. The Balaban J connectivity index is 2.45. The molecule has 4 heteroatoms. The van der Waals surface area contributed by atoms with Crippen molar-refractivity contribution >= 4 is 6.08 Å². The number of carbonyl (C=O) groups excluding carboxylic acids is 1. The summed E-state index contributed by atoms with van der Waals surface area (Å²) in [5.74, 6) is 0.682. The molecule has 1 aromatic rings. The lowest BCUT2D eigenvalue weighted by Gasteiger charge is -2.48. The molecule has 0 bridgehead atoms. The van der Waals surface area contributed by atoms with Crippen molar-refractivity contribution in [2.45, 2.75) is 30.9 Å². The predicted octanol–water partition coefficient (Wildman–Crippen LogP) is 1.77. The number of hydrogen-bond donors (Lipinski definition) is 1. The maximum absolute atomic E-state index is 10.6. The van der Waals surface area contributed by atoms with E-state index in [1.165, 1.54) is 0 Å². The first-order chi connectivity index (χ1) is 8.03. The Kier molecular flexibility index (Phi) is 2.77. The molecule has 1 aromatic carbocycles. The molecule has 0 spiro atoms. The Morgan fingerprint density at radius 2 is 2.06 bits per heavy atom. The van der Waals surface area contributed by atoms with Gasteiger partial charge in [0, 0.05) is 18.4 Å². The Labute approximate surface area is 99.9 Å². The summed E-state index contributed by atoms with van der Waals surface area (Å²) in [6, 6.07) is 7.42. The van der Waals surface area contributed by atoms with E-state index in [4.69, 9.17) is 4.74 Å². The average Bonchev–Trinajstić information content (AvgIpc) is 2.26. The van der Waals surface area contributed by atoms with Crippen molar-refractivity contribution in [3.63, 3.8) is 0 Å². The number of methoxy groups -OCH3 is 1. The van der Waals surface area contributed by atoms with Gasteiger partial charge in [0.1, 0.15) is 11.3 Å². The summed E-state index contributed by atoms with van der Waals surface area (Å²) in [6.07, 6.45) is 2.43. The Hall–Kier alpha value is -1.64. The Morgan fingerprint density at radius 1 is 1.41 bits per heavy atom. The van der Waals surface area contributed by atoms with E-state index in [0.29, 0.717) is 18.6 Å². The summed E-state index contributed by atoms with van der Waals surface area (Å²) in [7, 11) is 1.58. The van der Waals surface area contributed by atoms with Gasteiger partial charge < -0.3 is 9.84 Å². The summed E-state index contributed by atoms with van der Waals surface area (Å²) < 4.78 is 5.27. The van der Waals surface area contributed by atoms with Crippen molar-refractivity contribution in [1.29, 1.82) is 0 Å². The lowest BCUT2D eigenvalue weighted by Crippen LogP contribution is -2.51. The number of aliphatic imine (C=N–C) groups is 1. The number of ether oxygens (including phenoxy) is 1. The normalized spacial score (nSPS) is 31.2. The maximum atomic E-state index is 10.6. The van der Waals surface area contributed by atoms with Crippen LogP contribution in [0.1, 0.15) is 25.3 Å². The molecular formula is C13H15NO3. The average molecular weight is 233 g/mol. The van der Waals surface area contributed by atoms with Crippen molar-refractivity contribution in [3.8, 4) is 5.75 Å². The van der Waals surface area contributed by atoms with Crippen molar-refractivity contribution in [2.75, 3.05) is 7.11 Å². The first kappa shape index (κ1) is 11.8. The van der Waals surface area contributed by atoms with Crippen LogP contribution in [0.15, 0.2) is 29.3 Å². The molecule has 17 heavy (non-hydrogen) atoms. The van der Waals surface area contributed by atoms with Crippen molar-refractivity contribution in [1.82, 2.24) is 0 Å². The molecule has 0 atom stereocenters. The van der Waals surface area contributed by atoms with Gasteiger partial charge in [0.25, 0.3) is 0 Å². The molecule has 90 valence electrons. The second-order valence-corrected chi connectivity index (χ2v) is 4.79. The van der Waals surface area contributed by atoms with Crippen LogP contribution in [-0.2, 0) is 10.3 Å². The first-order valence-corrected chi connectivity index (χ1v) is 5.48. The largest absolute Gasteiger partial charge is 0.496 e. The number of aliphatic hydroxyl groups is 1. The predicted molar refractivity (Wildman–Crippen MR) is 62.7 cm³/mol. The highest BCUT2D eigenvalue weighted by atomic mass is 16.5. The number of nitrogens with zero attached hydrogens (tertiary/aromatic N) is 1. The quantitative estimate of drug-likeness (QED) is 0.639. The third kappa shape index (κ3) is 1.97. The van der Waals surface area contributed by atoms with Gasteiger partial charge in [-0.05, 0) is 13.0 Å². The zero-order valence-corrected chi connectivity index (χ0v) is 9.93. The number of isocyanates is 1. The van der Waals surface area contributed by atoms with Gasteiger partial charge in [0.2, 0.25) is 6.08 Å². The fourth-order valence-electron chi connectivity index (χ4n) is 2.65. The van der Waals surface area contributed by atoms with E-state index >= 15 is 0 Å². The van der Waals surface area contributed by atoms with E-state index in [1.54, 1.807) is 20.1 Å². The third-order valence-electron chi connectivity index (χ3n) is 3.21. The molecular weight excluding hydrogens is 218 g/mol. The number of para-hydroxylation sites is 1. The topological polar surface area (TPSA) is 58.9 Å². The minimum Gasteiger partial charge on any atom is -0.496 e. The summed E-state index contributed by atoms with van der Waals surface area (Å²) >= 11 is 0. The molecule has 0 unspecified atom stereocenters. The molecule has 0 radical (unpaired) electrons. The minimum atomic E-state index is -0.777. The molecule has 2 rings (SSSR count).